The minimum Gasteiger partial charge on any atom is -0.452 e. The van der Waals surface area contributed by atoms with Gasteiger partial charge in [0.15, 0.2) is 11.8 Å². The number of halogens is 1. The number of nitrogens with one attached hydrogen (secondary N) is 2. The van der Waals surface area contributed by atoms with Crippen molar-refractivity contribution in [1.82, 2.24) is 9.71 Å². The van der Waals surface area contributed by atoms with Crippen LogP contribution < -0.4 is 10.0 Å². The van der Waals surface area contributed by atoms with E-state index < -0.39 is 28.5 Å². The third-order valence-electron chi connectivity index (χ3n) is 3.14. The first-order valence-corrected chi connectivity index (χ1v) is 9.75. The molecule has 0 saturated heterocycles. The monoisotopic (exact) mass is 411 g/mol. The predicted octanol–water partition coefficient (Wildman–Crippen LogP) is 2.22. The highest BCUT2D eigenvalue weighted by Crippen LogP contribution is 2.17. The van der Waals surface area contributed by atoms with E-state index in [1.807, 2.05) is 0 Å². The topological polar surface area (TPSA) is 114 Å². The van der Waals surface area contributed by atoms with E-state index in [0.717, 1.165) is 0 Å². The Morgan fingerprint density at radius 1 is 1.22 bits per heavy atom. The lowest BCUT2D eigenvalue weighted by molar-refractivity contribution is -0.119. The fourth-order valence-corrected chi connectivity index (χ4v) is 3.51. The summed E-state index contributed by atoms with van der Waals surface area (Å²) in [5.41, 5.74) is 0.293. The van der Waals surface area contributed by atoms with Crippen LogP contribution in [0, 0.1) is 0 Å². The zero-order valence-corrected chi connectivity index (χ0v) is 16.2. The lowest BCUT2D eigenvalue weighted by atomic mass is 10.2. The van der Waals surface area contributed by atoms with E-state index in [2.05, 4.69) is 15.0 Å². The van der Waals surface area contributed by atoms with Crippen molar-refractivity contribution >= 4 is 39.2 Å². The van der Waals surface area contributed by atoms with Gasteiger partial charge in [0.25, 0.3) is 5.91 Å². The van der Waals surface area contributed by atoms with Crippen LogP contribution in [0.4, 0.5) is 5.69 Å². The van der Waals surface area contributed by atoms with Crippen LogP contribution in [-0.4, -0.2) is 37.9 Å². The fourth-order valence-electron chi connectivity index (χ4n) is 2.05. The highest BCUT2D eigenvalue weighted by Gasteiger charge is 2.18. The molecule has 0 aliphatic heterocycles. The number of aromatic nitrogens is 1. The molecule has 0 aliphatic rings. The second kappa shape index (κ2) is 8.94. The summed E-state index contributed by atoms with van der Waals surface area (Å²) in [4.78, 5) is 27.7. The van der Waals surface area contributed by atoms with Gasteiger partial charge in [-0.05, 0) is 44.2 Å². The molecule has 2 N–H and O–H groups in total. The second-order valence-electron chi connectivity index (χ2n) is 5.77. The number of carbonyl (C=O) groups excluding carboxylic acids is 2. The smallest absolute Gasteiger partial charge is 0.338 e. The number of ether oxygens (including phenoxy) is 1. The lowest BCUT2D eigenvalue weighted by Gasteiger charge is -2.11. The summed E-state index contributed by atoms with van der Waals surface area (Å²) >= 11 is 5.83. The molecule has 27 heavy (non-hydrogen) atoms. The van der Waals surface area contributed by atoms with Crippen LogP contribution in [0.5, 0.6) is 0 Å². The average molecular weight is 412 g/mol. The number of pyridine rings is 1. The summed E-state index contributed by atoms with van der Waals surface area (Å²) in [6.07, 6.45) is 1.47. The Hall–Kier alpha value is -2.49. The number of sulfonamides is 1. The zero-order valence-electron chi connectivity index (χ0n) is 14.6. The summed E-state index contributed by atoms with van der Waals surface area (Å²) < 4.78 is 31.7. The summed E-state index contributed by atoms with van der Waals surface area (Å²) in [6.45, 7) is 2.80. The molecule has 0 unspecified atom stereocenters. The van der Waals surface area contributed by atoms with Gasteiger partial charge in [-0.1, -0.05) is 17.7 Å². The maximum absolute atomic E-state index is 12.2. The zero-order chi connectivity index (χ0) is 20.0. The van der Waals surface area contributed by atoms with E-state index in [4.69, 9.17) is 16.3 Å². The number of esters is 1. The molecule has 10 heteroatoms. The van der Waals surface area contributed by atoms with Crippen molar-refractivity contribution in [3.05, 3.63) is 53.3 Å². The number of anilines is 1. The molecule has 0 bridgehead atoms. The number of carbonyl (C=O) groups is 2. The van der Waals surface area contributed by atoms with Crippen molar-refractivity contribution in [3.8, 4) is 0 Å². The molecule has 0 fully saturated rings. The SMILES string of the molecule is CC(C)NS(=O)(=O)c1cccc(C(=O)OCC(=O)Nc2cccnc2Cl)c1. The molecule has 0 aliphatic carbocycles. The maximum Gasteiger partial charge on any atom is 0.338 e. The number of benzene rings is 1. The van der Waals surface area contributed by atoms with Crippen molar-refractivity contribution in [2.24, 2.45) is 0 Å². The Kier molecular flexibility index (Phi) is 6.89. The largest absolute Gasteiger partial charge is 0.452 e. The van der Waals surface area contributed by atoms with Gasteiger partial charge in [-0.2, -0.15) is 0 Å². The molecule has 0 radical (unpaired) electrons. The molecule has 0 spiro atoms. The van der Waals surface area contributed by atoms with E-state index in [-0.39, 0.29) is 27.3 Å². The Bertz CT molecular complexity index is 947. The second-order valence-corrected chi connectivity index (χ2v) is 7.84. The first kappa shape index (κ1) is 20.8. The molecular formula is C17H18ClN3O5S. The van der Waals surface area contributed by atoms with Gasteiger partial charge in [-0.25, -0.2) is 22.9 Å². The third-order valence-corrected chi connectivity index (χ3v) is 5.10. The molecule has 1 aromatic carbocycles. The third kappa shape index (κ3) is 6.02. The number of amides is 1. The number of rotatable bonds is 7. The minimum atomic E-state index is -3.75. The fraction of sp³-hybridized carbons (Fsp3) is 0.235. The van der Waals surface area contributed by atoms with Gasteiger partial charge >= 0.3 is 5.97 Å². The number of hydrogen-bond donors (Lipinski definition) is 2. The van der Waals surface area contributed by atoms with Crippen molar-refractivity contribution in [3.63, 3.8) is 0 Å². The molecular weight excluding hydrogens is 394 g/mol. The molecule has 8 nitrogen and oxygen atoms in total. The quantitative estimate of drug-likeness (QED) is 0.533. The predicted molar refractivity (Wildman–Crippen MR) is 100 cm³/mol. The van der Waals surface area contributed by atoms with Gasteiger partial charge in [0, 0.05) is 12.2 Å². The van der Waals surface area contributed by atoms with Gasteiger partial charge in [-0.3, -0.25) is 4.79 Å². The Labute approximate surface area is 161 Å². The van der Waals surface area contributed by atoms with E-state index >= 15 is 0 Å². The average Bonchev–Trinajstić information content (AvgIpc) is 2.61. The maximum atomic E-state index is 12.2. The highest BCUT2D eigenvalue weighted by molar-refractivity contribution is 7.89. The van der Waals surface area contributed by atoms with Crippen LogP contribution in [0.25, 0.3) is 0 Å². The molecule has 0 saturated carbocycles. The first-order chi connectivity index (χ1) is 12.7. The molecule has 2 rings (SSSR count). The van der Waals surface area contributed by atoms with Gasteiger partial charge < -0.3 is 10.1 Å². The molecule has 1 heterocycles. The van der Waals surface area contributed by atoms with Crippen molar-refractivity contribution in [2.75, 3.05) is 11.9 Å². The molecule has 2 aromatic rings. The van der Waals surface area contributed by atoms with Crippen LogP contribution in [0.3, 0.4) is 0 Å². The van der Waals surface area contributed by atoms with Crippen LogP contribution in [0.1, 0.15) is 24.2 Å². The van der Waals surface area contributed by atoms with Gasteiger partial charge in [0.1, 0.15) is 0 Å². The summed E-state index contributed by atoms with van der Waals surface area (Å²) in [5, 5.41) is 2.56. The number of nitrogens with zero attached hydrogens (tertiary/aromatic N) is 1. The van der Waals surface area contributed by atoms with Crippen molar-refractivity contribution < 1.29 is 22.7 Å². The van der Waals surface area contributed by atoms with Crippen LogP contribution in [-0.2, 0) is 19.6 Å². The Morgan fingerprint density at radius 3 is 2.63 bits per heavy atom. The summed E-state index contributed by atoms with van der Waals surface area (Å²) in [5.74, 6) is -1.44. The normalized spacial score (nSPS) is 11.3. The molecule has 144 valence electrons. The molecule has 1 aromatic heterocycles. The van der Waals surface area contributed by atoms with Crippen LogP contribution in [0.2, 0.25) is 5.15 Å². The van der Waals surface area contributed by atoms with Gasteiger partial charge in [0.2, 0.25) is 10.0 Å². The minimum absolute atomic E-state index is 0.00819. The lowest BCUT2D eigenvalue weighted by Crippen LogP contribution is -2.30. The van der Waals surface area contributed by atoms with E-state index in [0.29, 0.717) is 0 Å². The number of hydrogen-bond acceptors (Lipinski definition) is 6. The molecule has 0 atom stereocenters. The Balaban J connectivity index is 2.01. The van der Waals surface area contributed by atoms with Gasteiger partial charge in [-0.15, -0.1) is 0 Å². The summed E-state index contributed by atoms with van der Waals surface area (Å²) in [6, 6.07) is 8.19. The van der Waals surface area contributed by atoms with Crippen molar-refractivity contribution in [1.29, 1.82) is 0 Å². The summed E-state index contributed by atoms with van der Waals surface area (Å²) in [7, 11) is -3.75. The molecule has 1 amide bonds. The van der Waals surface area contributed by atoms with E-state index in [1.54, 1.807) is 26.0 Å². The van der Waals surface area contributed by atoms with E-state index in [9.17, 15) is 18.0 Å². The Morgan fingerprint density at radius 2 is 1.96 bits per heavy atom. The van der Waals surface area contributed by atoms with Gasteiger partial charge in [0.05, 0.1) is 16.1 Å². The standard InChI is InChI=1S/C17H18ClN3O5S/c1-11(2)21-27(24,25)13-6-3-5-12(9-13)17(23)26-10-15(22)20-14-7-4-8-19-16(14)18/h3-9,11,21H,10H2,1-2H3,(H,20,22). The first-order valence-electron chi connectivity index (χ1n) is 7.89. The van der Waals surface area contributed by atoms with Crippen LogP contribution >= 0.6 is 11.6 Å². The van der Waals surface area contributed by atoms with Crippen molar-refractivity contribution in [2.45, 2.75) is 24.8 Å². The highest BCUT2D eigenvalue weighted by atomic mass is 35.5. The van der Waals surface area contributed by atoms with E-state index in [1.165, 1.54) is 30.5 Å². The van der Waals surface area contributed by atoms with Crippen LogP contribution in [0.15, 0.2) is 47.5 Å².